The number of hydrogen-bond acceptors (Lipinski definition) is 0. The lowest BCUT2D eigenvalue weighted by atomic mass is 9.92. The highest BCUT2D eigenvalue weighted by atomic mass is 14.1. The zero-order chi connectivity index (χ0) is 9.14. The molecule has 1 atom stereocenters. The molecule has 66 valence electrons. The van der Waals surface area contributed by atoms with Crippen LogP contribution in [0.3, 0.4) is 0 Å². The van der Waals surface area contributed by atoms with Crippen molar-refractivity contribution in [2.24, 2.45) is 5.92 Å². The van der Waals surface area contributed by atoms with Crippen LogP contribution in [0.25, 0.3) is 0 Å². The van der Waals surface area contributed by atoms with Crippen LogP contribution in [-0.2, 0) is 0 Å². The van der Waals surface area contributed by atoms with Gasteiger partial charge in [-0.15, -0.1) is 0 Å². The standard InChI is InChI=1S/C12H18/c1-9(2)7-12-6-5-10(3)8-11(12)4/h6-8,10H,5H2,1-4H3. The second-order valence-electron chi connectivity index (χ2n) is 3.94. The van der Waals surface area contributed by atoms with Gasteiger partial charge >= 0.3 is 0 Å². The minimum Gasteiger partial charge on any atom is -0.0779 e. The molecule has 0 aliphatic heterocycles. The van der Waals surface area contributed by atoms with Crippen LogP contribution in [-0.4, -0.2) is 0 Å². The first kappa shape index (κ1) is 9.31. The monoisotopic (exact) mass is 162 g/mol. The molecule has 0 aromatic rings. The SMILES string of the molecule is CC(C)=CC1=CCC(C)C=C1C. The highest BCUT2D eigenvalue weighted by Gasteiger charge is 2.06. The van der Waals surface area contributed by atoms with Crippen LogP contribution in [0.5, 0.6) is 0 Å². The molecule has 0 radical (unpaired) electrons. The summed E-state index contributed by atoms with van der Waals surface area (Å²) < 4.78 is 0. The van der Waals surface area contributed by atoms with E-state index < -0.39 is 0 Å². The van der Waals surface area contributed by atoms with E-state index in [0.717, 1.165) is 5.92 Å². The maximum Gasteiger partial charge on any atom is -0.0221 e. The Bertz CT molecular complexity index is 247. The maximum atomic E-state index is 2.36. The number of hydrogen-bond donors (Lipinski definition) is 0. The third kappa shape index (κ3) is 2.37. The van der Waals surface area contributed by atoms with Crippen LogP contribution in [0.4, 0.5) is 0 Å². The zero-order valence-electron chi connectivity index (χ0n) is 8.52. The van der Waals surface area contributed by atoms with Crippen molar-refractivity contribution >= 4 is 0 Å². The third-order valence-electron chi connectivity index (χ3n) is 2.14. The Morgan fingerprint density at radius 1 is 1.50 bits per heavy atom. The van der Waals surface area contributed by atoms with Crippen LogP contribution in [0, 0.1) is 5.92 Å². The van der Waals surface area contributed by atoms with Gasteiger partial charge in [-0.2, -0.15) is 0 Å². The summed E-state index contributed by atoms with van der Waals surface area (Å²) in [6.07, 6.45) is 8.15. The summed E-state index contributed by atoms with van der Waals surface area (Å²) in [7, 11) is 0. The Kier molecular flexibility index (Phi) is 2.91. The van der Waals surface area contributed by atoms with Gasteiger partial charge in [0.05, 0.1) is 0 Å². The Labute approximate surface area is 75.7 Å². The molecule has 0 heteroatoms. The summed E-state index contributed by atoms with van der Waals surface area (Å²) in [5.74, 6) is 0.722. The predicted molar refractivity (Wildman–Crippen MR) is 55.1 cm³/mol. The van der Waals surface area contributed by atoms with E-state index in [9.17, 15) is 0 Å². The summed E-state index contributed by atoms with van der Waals surface area (Å²) >= 11 is 0. The van der Waals surface area contributed by atoms with E-state index in [0.29, 0.717) is 0 Å². The topological polar surface area (TPSA) is 0 Å². The second kappa shape index (κ2) is 3.75. The summed E-state index contributed by atoms with van der Waals surface area (Å²) in [6.45, 7) is 8.75. The molecule has 0 bridgehead atoms. The predicted octanol–water partition coefficient (Wildman–Crippen LogP) is 3.87. The van der Waals surface area contributed by atoms with Gasteiger partial charge in [-0.3, -0.25) is 0 Å². The highest BCUT2D eigenvalue weighted by Crippen LogP contribution is 2.23. The fourth-order valence-electron chi connectivity index (χ4n) is 1.55. The molecule has 1 unspecified atom stereocenters. The molecule has 0 saturated heterocycles. The summed E-state index contributed by atoms with van der Waals surface area (Å²) in [4.78, 5) is 0. The molecule has 0 spiro atoms. The Morgan fingerprint density at radius 3 is 2.67 bits per heavy atom. The van der Waals surface area contributed by atoms with Crippen molar-refractivity contribution in [1.29, 1.82) is 0 Å². The van der Waals surface area contributed by atoms with E-state index in [1.165, 1.54) is 23.1 Å². The van der Waals surface area contributed by atoms with Crippen molar-refractivity contribution in [2.45, 2.75) is 34.1 Å². The molecule has 12 heavy (non-hydrogen) atoms. The summed E-state index contributed by atoms with van der Waals surface area (Å²) in [6, 6.07) is 0. The number of rotatable bonds is 1. The normalized spacial score (nSPS) is 22.8. The van der Waals surface area contributed by atoms with Crippen LogP contribution < -0.4 is 0 Å². The molecular weight excluding hydrogens is 144 g/mol. The Balaban J connectivity index is 2.81. The highest BCUT2D eigenvalue weighted by molar-refractivity contribution is 5.42. The largest absolute Gasteiger partial charge is 0.0779 e. The smallest absolute Gasteiger partial charge is 0.0221 e. The van der Waals surface area contributed by atoms with Gasteiger partial charge in [0.2, 0.25) is 0 Å². The first-order valence-corrected chi connectivity index (χ1v) is 4.63. The van der Waals surface area contributed by atoms with Gasteiger partial charge < -0.3 is 0 Å². The fourth-order valence-corrected chi connectivity index (χ4v) is 1.55. The average molecular weight is 162 g/mol. The van der Waals surface area contributed by atoms with Gasteiger partial charge in [0.1, 0.15) is 0 Å². The number of allylic oxidation sites excluding steroid dienone is 6. The molecule has 0 amide bonds. The van der Waals surface area contributed by atoms with Crippen molar-refractivity contribution in [3.05, 3.63) is 34.9 Å². The Hall–Kier alpha value is -0.780. The van der Waals surface area contributed by atoms with E-state index in [1.54, 1.807) is 0 Å². The lowest BCUT2D eigenvalue weighted by Gasteiger charge is -2.14. The van der Waals surface area contributed by atoms with Gasteiger partial charge in [0.25, 0.3) is 0 Å². The van der Waals surface area contributed by atoms with E-state index in [4.69, 9.17) is 0 Å². The molecule has 1 rings (SSSR count). The molecule has 1 aliphatic carbocycles. The molecule has 0 nitrogen and oxygen atoms in total. The molecule has 0 N–H and O–H groups in total. The van der Waals surface area contributed by atoms with Gasteiger partial charge in [0.15, 0.2) is 0 Å². The first-order valence-electron chi connectivity index (χ1n) is 4.63. The van der Waals surface area contributed by atoms with Crippen molar-refractivity contribution in [1.82, 2.24) is 0 Å². The molecule has 0 aromatic heterocycles. The maximum absolute atomic E-state index is 2.36. The van der Waals surface area contributed by atoms with Crippen LogP contribution >= 0.6 is 0 Å². The molecule has 0 aromatic carbocycles. The minimum absolute atomic E-state index is 0.722. The van der Waals surface area contributed by atoms with Crippen molar-refractivity contribution in [3.8, 4) is 0 Å². The molecule has 1 aliphatic rings. The third-order valence-corrected chi connectivity index (χ3v) is 2.14. The van der Waals surface area contributed by atoms with Crippen LogP contribution in [0.15, 0.2) is 34.9 Å². The van der Waals surface area contributed by atoms with Gasteiger partial charge in [-0.05, 0) is 44.3 Å². The molecule has 0 saturated carbocycles. The first-order chi connectivity index (χ1) is 5.59. The van der Waals surface area contributed by atoms with Crippen LogP contribution in [0.1, 0.15) is 34.1 Å². The molecule has 0 heterocycles. The second-order valence-corrected chi connectivity index (χ2v) is 3.94. The van der Waals surface area contributed by atoms with Gasteiger partial charge in [-0.1, -0.05) is 30.7 Å². The van der Waals surface area contributed by atoms with E-state index in [2.05, 4.69) is 45.9 Å². The van der Waals surface area contributed by atoms with E-state index in [-0.39, 0.29) is 0 Å². The van der Waals surface area contributed by atoms with Crippen molar-refractivity contribution in [2.75, 3.05) is 0 Å². The van der Waals surface area contributed by atoms with E-state index >= 15 is 0 Å². The quantitative estimate of drug-likeness (QED) is 0.549. The lowest BCUT2D eigenvalue weighted by molar-refractivity contribution is 0.724. The van der Waals surface area contributed by atoms with E-state index in [1.807, 2.05) is 0 Å². The molecular formula is C12H18. The summed E-state index contributed by atoms with van der Waals surface area (Å²) in [5.41, 5.74) is 4.21. The minimum atomic E-state index is 0.722. The van der Waals surface area contributed by atoms with Gasteiger partial charge in [0, 0.05) is 0 Å². The lowest BCUT2D eigenvalue weighted by Crippen LogP contribution is -1.97. The van der Waals surface area contributed by atoms with Gasteiger partial charge in [-0.25, -0.2) is 0 Å². The summed E-state index contributed by atoms with van der Waals surface area (Å²) in [5, 5.41) is 0. The van der Waals surface area contributed by atoms with Crippen LogP contribution in [0.2, 0.25) is 0 Å². The Morgan fingerprint density at radius 2 is 2.17 bits per heavy atom. The fraction of sp³-hybridized carbons (Fsp3) is 0.500. The van der Waals surface area contributed by atoms with Crippen molar-refractivity contribution < 1.29 is 0 Å². The zero-order valence-corrected chi connectivity index (χ0v) is 8.52. The van der Waals surface area contributed by atoms with Crippen molar-refractivity contribution in [3.63, 3.8) is 0 Å². The molecule has 0 fully saturated rings. The average Bonchev–Trinajstić information content (AvgIpc) is 1.94.